The Morgan fingerprint density at radius 3 is 2.64 bits per heavy atom. The maximum Gasteiger partial charge on any atom is 0.416 e. The van der Waals surface area contributed by atoms with Crippen molar-refractivity contribution >= 4 is 11.9 Å². The predicted octanol–water partition coefficient (Wildman–Crippen LogP) is 4.22. The van der Waals surface area contributed by atoms with E-state index in [0.717, 1.165) is 12.1 Å². The van der Waals surface area contributed by atoms with Crippen LogP contribution in [-0.2, 0) is 10.9 Å². The van der Waals surface area contributed by atoms with Crippen LogP contribution < -0.4 is 5.73 Å². The van der Waals surface area contributed by atoms with Gasteiger partial charge in [-0.3, -0.25) is 0 Å². The van der Waals surface area contributed by atoms with Crippen molar-refractivity contribution in [2.45, 2.75) is 20.0 Å². The van der Waals surface area contributed by atoms with Gasteiger partial charge in [0, 0.05) is 11.8 Å². The highest BCUT2D eigenvalue weighted by Gasteiger charge is 2.31. The number of ether oxygens (including phenoxy) is 1. The molecule has 0 aliphatic heterocycles. The largest absolute Gasteiger partial charge is 0.462 e. The van der Waals surface area contributed by atoms with Crippen LogP contribution in [0.2, 0.25) is 0 Å². The lowest BCUT2D eigenvalue weighted by Gasteiger charge is -2.12. The molecule has 2 aromatic heterocycles. The Labute approximate surface area is 158 Å². The van der Waals surface area contributed by atoms with E-state index in [4.69, 9.17) is 10.5 Å². The number of benzene rings is 1. The van der Waals surface area contributed by atoms with E-state index >= 15 is 0 Å². The molecule has 0 radical (unpaired) electrons. The summed E-state index contributed by atoms with van der Waals surface area (Å²) >= 11 is 0. The van der Waals surface area contributed by atoms with Crippen molar-refractivity contribution in [2.24, 2.45) is 0 Å². The van der Waals surface area contributed by atoms with Gasteiger partial charge in [0.05, 0.1) is 34.8 Å². The fourth-order valence-corrected chi connectivity index (χ4v) is 2.77. The van der Waals surface area contributed by atoms with Crippen molar-refractivity contribution in [3.8, 4) is 22.6 Å². The van der Waals surface area contributed by atoms with E-state index in [9.17, 15) is 18.0 Å². The van der Waals surface area contributed by atoms with Gasteiger partial charge in [-0.2, -0.15) is 13.2 Å². The van der Waals surface area contributed by atoms with E-state index < -0.39 is 17.7 Å². The number of alkyl halides is 3. The summed E-state index contributed by atoms with van der Waals surface area (Å²) in [4.78, 5) is 23.3. The molecule has 28 heavy (non-hydrogen) atoms. The molecule has 0 amide bonds. The van der Waals surface area contributed by atoms with Crippen LogP contribution in [0, 0.1) is 6.92 Å². The number of anilines is 1. The van der Waals surface area contributed by atoms with Crippen LogP contribution >= 0.6 is 0 Å². The summed E-state index contributed by atoms with van der Waals surface area (Å²) in [5.74, 6) is -0.625. The summed E-state index contributed by atoms with van der Waals surface area (Å²) in [6.07, 6.45) is -3.07. The number of esters is 1. The number of nitrogens with one attached hydrogen (secondary N) is 1. The molecule has 9 heteroatoms. The van der Waals surface area contributed by atoms with E-state index in [2.05, 4.69) is 15.0 Å². The minimum Gasteiger partial charge on any atom is -0.462 e. The number of hydrogen-bond donors (Lipinski definition) is 2. The van der Waals surface area contributed by atoms with E-state index in [1.54, 1.807) is 19.9 Å². The SMILES string of the molecule is CCOC(=O)c1cc(-c2ccnc(N)n2)[nH]c1-c1cc(C(F)(F)F)ccc1C. The third-order valence-electron chi connectivity index (χ3n) is 4.10. The standard InChI is InChI=1S/C19H17F3N4O2/c1-3-28-17(27)13-9-15(14-6-7-24-18(23)26-14)25-16(13)12-8-11(19(20,21)22)5-4-10(12)2/h4-9,25H,3H2,1-2H3,(H2,23,24,26). The molecule has 0 fully saturated rings. The first-order chi connectivity index (χ1) is 13.2. The predicted molar refractivity (Wildman–Crippen MR) is 97.4 cm³/mol. The van der Waals surface area contributed by atoms with Crippen molar-refractivity contribution < 1.29 is 22.7 Å². The Morgan fingerprint density at radius 2 is 2.00 bits per heavy atom. The average molecular weight is 390 g/mol. The van der Waals surface area contributed by atoms with Crippen molar-refractivity contribution in [1.29, 1.82) is 0 Å². The first-order valence-corrected chi connectivity index (χ1v) is 8.38. The molecule has 0 atom stereocenters. The molecule has 3 aromatic rings. The fourth-order valence-electron chi connectivity index (χ4n) is 2.77. The van der Waals surface area contributed by atoms with Gasteiger partial charge in [-0.1, -0.05) is 6.07 Å². The van der Waals surface area contributed by atoms with Crippen LogP contribution in [0.25, 0.3) is 22.6 Å². The Bertz CT molecular complexity index is 1030. The second-order valence-corrected chi connectivity index (χ2v) is 6.02. The maximum atomic E-state index is 13.2. The number of hydrogen-bond acceptors (Lipinski definition) is 5. The van der Waals surface area contributed by atoms with Gasteiger partial charge in [0.25, 0.3) is 0 Å². The summed E-state index contributed by atoms with van der Waals surface area (Å²) in [5.41, 5.74) is 6.72. The lowest BCUT2D eigenvalue weighted by molar-refractivity contribution is -0.137. The molecule has 0 saturated carbocycles. The first-order valence-electron chi connectivity index (χ1n) is 8.38. The molecule has 6 nitrogen and oxygen atoms in total. The Morgan fingerprint density at radius 1 is 1.25 bits per heavy atom. The smallest absolute Gasteiger partial charge is 0.416 e. The molecule has 3 rings (SSSR count). The number of halogens is 3. The van der Waals surface area contributed by atoms with Crippen molar-refractivity contribution in [1.82, 2.24) is 15.0 Å². The number of aromatic amines is 1. The lowest BCUT2D eigenvalue weighted by atomic mass is 9.99. The van der Waals surface area contributed by atoms with Gasteiger partial charge in [0.1, 0.15) is 0 Å². The maximum absolute atomic E-state index is 13.2. The Balaban J connectivity index is 2.21. The third kappa shape index (κ3) is 3.83. The molecular formula is C19H17F3N4O2. The normalized spacial score (nSPS) is 11.5. The van der Waals surface area contributed by atoms with Crippen LogP contribution in [0.3, 0.4) is 0 Å². The van der Waals surface area contributed by atoms with Gasteiger partial charge in [-0.15, -0.1) is 0 Å². The zero-order chi connectivity index (χ0) is 20.5. The number of aryl methyl sites for hydroxylation is 1. The van der Waals surface area contributed by atoms with E-state index in [0.29, 0.717) is 17.0 Å². The zero-order valence-electron chi connectivity index (χ0n) is 15.1. The van der Waals surface area contributed by atoms with E-state index in [1.807, 2.05) is 0 Å². The van der Waals surface area contributed by atoms with Crippen molar-refractivity contribution in [2.75, 3.05) is 12.3 Å². The summed E-state index contributed by atoms with van der Waals surface area (Å²) in [5, 5.41) is 0. The van der Waals surface area contributed by atoms with E-state index in [-0.39, 0.29) is 29.4 Å². The molecule has 1 aromatic carbocycles. The topological polar surface area (TPSA) is 93.9 Å². The summed E-state index contributed by atoms with van der Waals surface area (Å²) < 4.78 is 44.6. The number of H-pyrrole nitrogens is 1. The molecule has 0 spiro atoms. The van der Waals surface area contributed by atoms with Gasteiger partial charge in [-0.25, -0.2) is 14.8 Å². The highest BCUT2D eigenvalue weighted by atomic mass is 19.4. The van der Waals surface area contributed by atoms with Gasteiger partial charge < -0.3 is 15.5 Å². The molecule has 0 bridgehead atoms. The average Bonchev–Trinajstić information content (AvgIpc) is 3.06. The molecular weight excluding hydrogens is 373 g/mol. The van der Waals surface area contributed by atoms with E-state index in [1.165, 1.54) is 18.3 Å². The van der Waals surface area contributed by atoms with Crippen LogP contribution in [0.4, 0.5) is 19.1 Å². The zero-order valence-corrected chi connectivity index (χ0v) is 15.1. The van der Waals surface area contributed by atoms with Gasteiger partial charge in [0.15, 0.2) is 0 Å². The number of nitrogens with zero attached hydrogens (tertiary/aromatic N) is 2. The monoisotopic (exact) mass is 390 g/mol. The Kier molecular flexibility index (Phi) is 5.08. The van der Waals surface area contributed by atoms with Crippen LogP contribution in [0.15, 0.2) is 36.5 Å². The highest BCUT2D eigenvalue weighted by molar-refractivity contribution is 5.98. The van der Waals surface area contributed by atoms with Gasteiger partial charge in [-0.05, 0) is 43.7 Å². The molecule has 3 N–H and O–H groups in total. The lowest BCUT2D eigenvalue weighted by Crippen LogP contribution is -2.07. The number of carbonyl (C=O) groups excluding carboxylic acids is 1. The molecule has 146 valence electrons. The first kappa shape index (κ1) is 19.4. The summed E-state index contributed by atoms with van der Waals surface area (Å²) in [6, 6.07) is 6.41. The number of nitrogens with two attached hydrogens (primary N) is 1. The third-order valence-corrected chi connectivity index (χ3v) is 4.10. The molecule has 0 unspecified atom stereocenters. The second kappa shape index (κ2) is 7.34. The number of nitrogen functional groups attached to an aromatic ring is 1. The minimum absolute atomic E-state index is 0.0292. The minimum atomic E-state index is -4.51. The summed E-state index contributed by atoms with van der Waals surface area (Å²) in [7, 11) is 0. The molecule has 0 aliphatic rings. The van der Waals surface area contributed by atoms with Crippen LogP contribution in [0.5, 0.6) is 0 Å². The molecule has 0 aliphatic carbocycles. The van der Waals surface area contributed by atoms with Crippen molar-refractivity contribution in [3.63, 3.8) is 0 Å². The van der Waals surface area contributed by atoms with Crippen LogP contribution in [0.1, 0.15) is 28.4 Å². The van der Waals surface area contributed by atoms with Crippen LogP contribution in [-0.4, -0.2) is 27.5 Å². The van der Waals surface area contributed by atoms with Gasteiger partial charge >= 0.3 is 12.1 Å². The highest BCUT2D eigenvalue weighted by Crippen LogP contribution is 2.36. The second-order valence-electron chi connectivity index (χ2n) is 6.02. The number of rotatable bonds is 4. The fraction of sp³-hybridized carbons (Fsp3) is 0.211. The molecule has 2 heterocycles. The quantitative estimate of drug-likeness (QED) is 0.651. The molecule has 0 saturated heterocycles. The number of carbonyl (C=O) groups is 1. The summed E-state index contributed by atoms with van der Waals surface area (Å²) in [6.45, 7) is 3.43. The van der Waals surface area contributed by atoms with Crippen molar-refractivity contribution in [3.05, 3.63) is 53.2 Å². The van der Waals surface area contributed by atoms with Gasteiger partial charge in [0.2, 0.25) is 5.95 Å². The number of aromatic nitrogens is 3. The Hall–Kier alpha value is -3.36.